The Morgan fingerprint density at radius 3 is 2.08 bits per heavy atom. The maximum atomic E-state index is 12.1. The van der Waals surface area contributed by atoms with E-state index in [1.165, 1.54) is 6.92 Å². The number of rotatable bonds is 13. The third-order valence-electron chi connectivity index (χ3n) is 3.69. The van der Waals surface area contributed by atoms with Gasteiger partial charge < -0.3 is 32.1 Å². The molecule has 0 aliphatic heterocycles. The van der Waals surface area contributed by atoms with Gasteiger partial charge in [0.25, 0.3) is 0 Å². The van der Waals surface area contributed by atoms with Crippen LogP contribution in [-0.2, 0) is 24.0 Å². The first kappa shape index (κ1) is 23.6. The van der Waals surface area contributed by atoms with Gasteiger partial charge in [0.15, 0.2) is 5.78 Å². The maximum absolute atomic E-state index is 12.1. The molecule has 4 atom stereocenters. The molecule has 8 N–H and O–H groups in total. The standard InChI is InChI=1S/C15H25N3O8/c1-7(20)10(15(25)26)4-9(21)2-8(3-13(17)23)14(24)18-5-12(22)11(16)6-19/h7-8,10-11,19-20H,2-6,16H2,1H3,(H2,17,23)(H,18,24)(H,25,26)/t7?,8-,10+,11-/m1/s1. The summed E-state index contributed by atoms with van der Waals surface area (Å²) in [5.74, 6) is -6.87. The number of primary amides is 1. The van der Waals surface area contributed by atoms with Gasteiger partial charge in [0.2, 0.25) is 11.8 Å². The normalized spacial score (nSPS) is 15.4. The fourth-order valence-corrected chi connectivity index (χ4v) is 2.12. The van der Waals surface area contributed by atoms with Gasteiger partial charge in [-0.2, -0.15) is 0 Å². The molecule has 0 aromatic rings. The molecule has 0 saturated heterocycles. The second-order valence-electron chi connectivity index (χ2n) is 5.97. The van der Waals surface area contributed by atoms with Crippen LogP contribution in [0.4, 0.5) is 0 Å². The van der Waals surface area contributed by atoms with Gasteiger partial charge in [-0.15, -0.1) is 0 Å². The topological polar surface area (TPSA) is 210 Å². The number of Topliss-reactive ketones (excluding diaryl/α,β-unsaturated/α-hetero) is 2. The zero-order valence-corrected chi connectivity index (χ0v) is 14.4. The summed E-state index contributed by atoms with van der Waals surface area (Å²) in [4.78, 5) is 57.7. The van der Waals surface area contributed by atoms with E-state index in [1.807, 2.05) is 0 Å². The van der Waals surface area contributed by atoms with Crippen LogP contribution >= 0.6 is 0 Å². The predicted octanol–water partition coefficient (Wildman–Crippen LogP) is -3.09. The monoisotopic (exact) mass is 375 g/mol. The van der Waals surface area contributed by atoms with Crippen molar-refractivity contribution in [3.05, 3.63) is 0 Å². The number of aliphatic hydroxyl groups is 2. The van der Waals surface area contributed by atoms with Crippen LogP contribution in [0.25, 0.3) is 0 Å². The van der Waals surface area contributed by atoms with E-state index in [2.05, 4.69) is 5.32 Å². The van der Waals surface area contributed by atoms with Gasteiger partial charge in [-0.3, -0.25) is 24.0 Å². The smallest absolute Gasteiger partial charge is 0.309 e. The summed E-state index contributed by atoms with van der Waals surface area (Å²) in [6.45, 7) is 0.110. The van der Waals surface area contributed by atoms with E-state index in [9.17, 15) is 29.1 Å². The Kier molecular flexibility index (Phi) is 10.3. The van der Waals surface area contributed by atoms with E-state index in [1.54, 1.807) is 0 Å². The third-order valence-corrected chi connectivity index (χ3v) is 3.69. The van der Waals surface area contributed by atoms with Gasteiger partial charge in [0.05, 0.1) is 37.1 Å². The Bertz CT molecular complexity index is 549. The van der Waals surface area contributed by atoms with Gasteiger partial charge >= 0.3 is 5.97 Å². The maximum Gasteiger partial charge on any atom is 0.309 e. The van der Waals surface area contributed by atoms with Crippen molar-refractivity contribution < 1.29 is 39.3 Å². The van der Waals surface area contributed by atoms with Crippen molar-refractivity contribution in [1.82, 2.24) is 5.32 Å². The van der Waals surface area contributed by atoms with Crippen LogP contribution in [0.5, 0.6) is 0 Å². The molecule has 0 aliphatic rings. The van der Waals surface area contributed by atoms with Crippen LogP contribution in [0.15, 0.2) is 0 Å². The molecule has 0 heterocycles. The van der Waals surface area contributed by atoms with Crippen molar-refractivity contribution in [2.45, 2.75) is 38.3 Å². The third kappa shape index (κ3) is 8.65. The second kappa shape index (κ2) is 11.3. The lowest BCUT2D eigenvalue weighted by Gasteiger charge is -2.18. The Morgan fingerprint density at radius 2 is 1.65 bits per heavy atom. The SMILES string of the molecule is CC(O)[C@H](CC(=O)C[C@H](CC(N)=O)C(=O)NCC(=O)[C@H](N)CO)C(=O)O. The fraction of sp³-hybridized carbons (Fsp3) is 0.667. The summed E-state index contributed by atoms with van der Waals surface area (Å²) < 4.78 is 0. The van der Waals surface area contributed by atoms with E-state index in [0.29, 0.717) is 0 Å². The average molecular weight is 375 g/mol. The average Bonchev–Trinajstić information content (AvgIpc) is 2.54. The zero-order chi connectivity index (χ0) is 20.4. The summed E-state index contributed by atoms with van der Waals surface area (Å²) in [6, 6.07) is -1.17. The first-order valence-corrected chi connectivity index (χ1v) is 7.87. The lowest BCUT2D eigenvalue weighted by Crippen LogP contribution is -2.44. The number of carbonyl (C=O) groups is 5. The summed E-state index contributed by atoms with van der Waals surface area (Å²) in [5, 5.41) is 29.3. The Morgan fingerprint density at radius 1 is 1.08 bits per heavy atom. The second-order valence-corrected chi connectivity index (χ2v) is 5.97. The molecule has 0 aromatic carbocycles. The number of aliphatic carboxylic acids is 1. The molecule has 26 heavy (non-hydrogen) atoms. The molecule has 0 fully saturated rings. The molecule has 148 valence electrons. The van der Waals surface area contributed by atoms with Crippen molar-refractivity contribution in [3.8, 4) is 0 Å². The molecule has 0 radical (unpaired) electrons. The van der Waals surface area contributed by atoms with Crippen LogP contribution < -0.4 is 16.8 Å². The lowest BCUT2D eigenvalue weighted by molar-refractivity contribution is -0.148. The lowest BCUT2D eigenvalue weighted by atomic mass is 9.90. The van der Waals surface area contributed by atoms with Crippen molar-refractivity contribution in [2.75, 3.05) is 13.2 Å². The highest BCUT2D eigenvalue weighted by Gasteiger charge is 2.30. The number of amides is 2. The van der Waals surface area contributed by atoms with Gasteiger partial charge in [0, 0.05) is 19.3 Å². The molecule has 0 aliphatic carbocycles. The summed E-state index contributed by atoms with van der Waals surface area (Å²) in [7, 11) is 0. The van der Waals surface area contributed by atoms with E-state index < -0.39 is 85.7 Å². The van der Waals surface area contributed by atoms with Crippen molar-refractivity contribution in [1.29, 1.82) is 0 Å². The summed E-state index contributed by atoms with van der Waals surface area (Å²) in [6.07, 6.45) is -2.77. The van der Waals surface area contributed by atoms with Crippen molar-refractivity contribution >= 4 is 29.4 Å². The Hall–Kier alpha value is -2.37. The number of hydrogen-bond acceptors (Lipinski definition) is 8. The van der Waals surface area contributed by atoms with Crippen LogP contribution in [0, 0.1) is 11.8 Å². The van der Waals surface area contributed by atoms with E-state index in [4.69, 9.17) is 21.7 Å². The fourth-order valence-electron chi connectivity index (χ4n) is 2.12. The number of hydrogen-bond donors (Lipinski definition) is 6. The molecule has 1 unspecified atom stereocenters. The molecule has 0 bridgehead atoms. The number of nitrogens with one attached hydrogen (secondary N) is 1. The minimum Gasteiger partial charge on any atom is -0.481 e. The number of carboxylic acid groups (broad SMARTS) is 1. The van der Waals surface area contributed by atoms with Gasteiger partial charge in [-0.25, -0.2) is 0 Å². The number of carboxylic acids is 1. The first-order valence-electron chi connectivity index (χ1n) is 7.87. The van der Waals surface area contributed by atoms with E-state index >= 15 is 0 Å². The Labute approximate surface area is 149 Å². The summed E-state index contributed by atoms with van der Waals surface area (Å²) >= 11 is 0. The molecule has 0 saturated carbocycles. The minimum absolute atomic E-state index is 0.481. The van der Waals surface area contributed by atoms with Gasteiger partial charge in [-0.05, 0) is 6.92 Å². The van der Waals surface area contributed by atoms with Crippen LogP contribution in [-0.4, -0.2) is 70.0 Å². The zero-order valence-electron chi connectivity index (χ0n) is 14.4. The highest BCUT2D eigenvalue weighted by Crippen LogP contribution is 2.16. The molecule has 0 spiro atoms. The Balaban J connectivity index is 4.90. The number of ketones is 2. The van der Waals surface area contributed by atoms with E-state index in [0.717, 1.165) is 0 Å². The molecule has 0 aromatic heterocycles. The molecule has 2 amide bonds. The first-order chi connectivity index (χ1) is 12.0. The van der Waals surface area contributed by atoms with E-state index in [-0.39, 0.29) is 0 Å². The van der Waals surface area contributed by atoms with Gasteiger partial charge in [-0.1, -0.05) is 0 Å². The molecular formula is C15H25N3O8. The molecule has 11 nitrogen and oxygen atoms in total. The van der Waals surface area contributed by atoms with Crippen LogP contribution in [0.3, 0.4) is 0 Å². The van der Waals surface area contributed by atoms with Crippen LogP contribution in [0.1, 0.15) is 26.2 Å². The van der Waals surface area contributed by atoms with Crippen LogP contribution in [0.2, 0.25) is 0 Å². The predicted molar refractivity (Wildman–Crippen MR) is 87.4 cm³/mol. The number of aliphatic hydroxyl groups excluding tert-OH is 2. The minimum atomic E-state index is -1.37. The molecule has 0 rings (SSSR count). The number of nitrogens with two attached hydrogens (primary N) is 2. The summed E-state index contributed by atoms with van der Waals surface area (Å²) in [5.41, 5.74) is 10.3. The number of carbonyl (C=O) groups excluding carboxylic acids is 4. The highest BCUT2D eigenvalue weighted by molar-refractivity contribution is 5.94. The molecular weight excluding hydrogens is 350 g/mol. The van der Waals surface area contributed by atoms with Gasteiger partial charge in [0.1, 0.15) is 5.78 Å². The van der Waals surface area contributed by atoms with Crippen molar-refractivity contribution in [2.24, 2.45) is 23.3 Å². The molecule has 11 heteroatoms. The van der Waals surface area contributed by atoms with Crippen molar-refractivity contribution in [3.63, 3.8) is 0 Å². The largest absolute Gasteiger partial charge is 0.481 e. The quantitative estimate of drug-likeness (QED) is 0.192. The highest BCUT2D eigenvalue weighted by atomic mass is 16.4.